The van der Waals surface area contributed by atoms with Crippen molar-refractivity contribution >= 4 is 21.4 Å². The van der Waals surface area contributed by atoms with Crippen molar-refractivity contribution in [2.45, 2.75) is 44.0 Å². The molecule has 2 N–H and O–H groups in total. The topological polar surface area (TPSA) is 75.3 Å². The number of anilines is 1. The van der Waals surface area contributed by atoms with E-state index in [0.29, 0.717) is 5.92 Å². The monoisotopic (exact) mass is 406 g/mol. The van der Waals surface area contributed by atoms with Crippen LogP contribution in [0.1, 0.15) is 50.3 Å². The van der Waals surface area contributed by atoms with E-state index in [1.54, 1.807) is 0 Å². The summed E-state index contributed by atoms with van der Waals surface area (Å²) in [7, 11) is -3.49. The van der Waals surface area contributed by atoms with Gasteiger partial charge in [0.15, 0.2) is 9.84 Å². The lowest BCUT2D eigenvalue weighted by Crippen LogP contribution is -2.31. The van der Waals surface area contributed by atoms with Gasteiger partial charge in [0.25, 0.3) is 0 Å². The second kappa shape index (κ2) is 9.30. The zero-order valence-electron chi connectivity index (χ0n) is 16.6. The van der Waals surface area contributed by atoms with Crippen LogP contribution in [-0.4, -0.2) is 27.1 Å². The van der Waals surface area contributed by atoms with Crippen molar-refractivity contribution in [2.24, 2.45) is 0 Å². The van der Waals surface area contributed by atoms with Crippen LogP contribution in [-0.2, 0) is 14.6 Å². The molecule has 1 atom stereocenters. The number of carbonyl (C=O) groups excluding carboxylic acids is 1. The molecule has 0 aliphatic rings. The molecule has 0 unspecified atom stereocenters. The minimum Gasteiger partial charge on any atom is -0.322 e. The van der Waals surface area contributed by atoms with E-state index in [9.17, 15) is 17.6 Å². The van der Waals surface area contributed by atoms with Crippen LogP contribution in [0.5, 0.6) is 0 Å². The zero-order valence-corrected chi connectivity index (χ0v) is 17.4. The summed E-state index contributed by atoms with van der Waals surface area (Å²) in [6, 6.07) is 11.6. The maximum atomic E-state index is 13.9. The van der Waals surface area contributed by atoms with Crippen molar-refractivity contribution in [3.8, 4) is 0 Å². The minimum absolute atomic E-state index is 0.0147. The van der Waals surface area contributed by atoms with Crippen LogP contribution in [0.25, 0.3) is 0 Å². The molecule has 5 nitrogen and oxygen atoms in total. The van der Waals surface area contributed by atoms with E-state index < -0.39 is 21.6 Å². The second-order valence-electron chi connectivity index (χ2n) is 7.13. The number of amides is 1. The molecule has 28 heavy (non-hydrogen) atoms. The lowest BCUT2D eigenvalue weighted by Gasteiger charge is -2.18. The van der Waals surface area contributed by atoms with Crippen molar-refractivity contribution in [3.63, 3.8) is 0 Å². The molecular weight excluding hydrogens is 379 g/mol. The molecule has 2 aromatic rings. The van der Waals surface area contributed by atoms with Crippen molar-refractivity contribution in [2.75, 3.05) is 18.1 Å². The van der Waals surface area contributed by atoms with Crippen LogP contribution in [0, 0.1) is 5.82 Å². The standard InChI is InChI=1S/C21H27FN2O3S/c1-5-19(16-8-6-15(7-9-16)14(2)3)23-13-21(25)24-20-12-17(28(4,26)27)10-11-18(20)22/h6-12,14,19,23H,5,13H2,1-4H3,(H,24,25)/t19-/m0/s1. The normalized spacial score (nSPS) is 12.8. The fraction of sp³-hybridized carbons (Fsp3) is 0.381. The highest BCUT2D eigenvalue weighted by atomic mass is 32.2. The second-order valence-corrected chi connectivity index (χ2v) is 9.14. The highest BCUT2D eigenvalue weighted by Gasteiger charge is 2.15. The number of carbonyl (C=O) groups is 1. The van der Waals surface area contributed by atoms with Crippen molar-refractivity contribution < 1.29 is 17.6 Å². The molecule has 1 amide bonds. The van der Waals surface area contributed by atoms with Gasteiger partial charge in [0.05, 0.1) is 17.1 Å². The average molecular weight is 407 g/mol. The smallest absolute Gasteiger partial charge is 0.238 e. The SMILES string of the molecule is CC[C@H](NCC(=O)Nc1cc(S(C)(=O)=O)ccc1F)c1ccc(C(C)C)cc1. The Labute approximate surface area is 166 Å². The number of nitrogens with one attached hydrogen (secondary N) is 2. The van der Waals surface area contributed by atoms with Crippen LogP contribution in [0.4, 0.5) is 10.1 Å². The van der Waals surface area contributed by atoms with Gasteiger partial charge in [-0.3, -0.25) is 4.79 Å². The Morgan fingerprint density at radius 3 is 2.21 bits per heavy atom. The van der Waals surface area contributed by atoms with Gasteiger partial charge in [-0.15, -0.1) is 0 Å². The van der Waals surface area contributed by atoms with Gasteiger partial charge in [-0.25, -0.2) is 12.8 Å². The number of hydrogen-bond donors (Lipinski definition) is 2. The van der Waals surface area contributed by atoms with Gasteiger partial charge in [0, 0.05) is 12.3 Å². The highest BCUT2D eigenvalue weighted by molar-refractivity contribution is 7.90. The van der Waals surface area contributed by atoms with Gasteiger partial charge < -0.3 is 10.6 Å². The first-order valence-electron chi connectivity index (χ1n) is 9.24. The van der Waals surface area contributed by atoms with Gasteiger partial charge in [0.2, 0.25) is 5.91 Å². The number of sulfone groups is 1. The van der Waals surface area contributed by atoms with Crippen LogP contribution in [0.15, 0.2) is 47.4 Å². The van der Waals surface area contributed by atoms with Gasteiger partial charge in [-0.2, -0.15) is 0 Å². The van der Waals surface area contributed by atoms with E-state index in [1.165, 1.54) is 11.6 Å². The number of benzene rings is 2. The summed E-state index contributed by atoms with van der Waals surface area (Å²) in [5.74, 6) is -0.677. The third kappa shape index (κ3) is 5.87. The molecule has 2 aromatic carbocycles. The van der Waals surface area contributed by atoms with Crippen molar-refractivity contribution in [1.82, 2.24) is 5.32 Å². The lowest BCUT2D eigenvalue weighted by molar-refractivity contribution is -0.115. The maximum Gasteiger partial charge on any atom is 0.238 e. The highest BCUT2D eigenvalue weighted by Crippen LogP contribution is 2.21. The molecule has 0 saturated carbocycles. The summed E-state index contributed by atoms with van der Waals surface area (Å²) in [5, 5.41) is 5.60. The molecule has 2 rings (SSSR count). The van der Waals surface area contributed by atoms with Crippen LogP contribution >= 0.6 is 0 Å². The van der Waals surface area contributed by atoms with Crippen LogP contribution in [0.2, 0.25) is 0 Å². The summed E-state index contributed by atoms with van der Waals surface area (Å²) in [4.78, 5) is 12.2. The first kappa shape index (κ1) is 22.0. The Balaban J connectivity index is 2.03. The van der Waals surface area contributed by atoms with Crippen LogP contribution < -0.4 is 10.6 Å². The summed E-state index contributed by atoms with van der Waals surface area (Å²) in [5.41, 5.74) is 2.17. The Bertz CT molecular complexity index is 925. The molecule has 0 fully saturated rings. The Hall–Kier alpha value is -2.25. The summed E-state index contributed by atoms with van der Waals surface area (Å²) >= 11 is 0. The van der Waals surface area contributed by atoms with Gasteiger partial charge in [-0.05, 0) is 41.7 Å². The largest absolute Gasteiger partial charge is 0.322 e. The van der Waals surface area contributed by atoms with E-state index in [-0.39, 0.29) is 23.2 Å². The van der Waals surface area contributed by atoms with E-state index in [1.807, 2.05) is 19.1 Å². The van der Waals surface area contributed by atoms with E-state index >= 15 is 0 Å². The Kier molecular flexibility index (Phi) is 7.32. The molecule has 0 radical (unpaired) electrons. The predicted molar refractivity (Wildman–Crippen MR) is 110 cm³/mol. The van der Waals surface area contributed by atoms with Crippen molar-refractivity contribution in [3.05, 3.63) is 59.4 Å². The quantitative estimate of drug-likeness (QED) is 0.649. The number of halogens is 1. The zero-order chi connectivity index (χ0) is 20.9. The molecule has 0 aliphatic carbocycles. The first-order chi connectivity index (χ1) is 13.1. The predicted octanol–water partition coefficient (Wildman–Crippen LogP) is 4.03. The fourth-order valence-corrected chi connectivity index (χ4v) is 3.50. The lowest BCUT2D eigenvalue weighted by atomic mass is 9.98. The Morgan fingerprint density at radius 2 is 1.68 bits per heavy atom. The third-order valence-corrected chi connectivity index (χ3v) is 5.67. The van der Waals surface area contributed by atoms with Gasteiger partial charge >= 0.3 is 0 Å². The van der Waals surface area contributed by atoms with Gasteiger partial charge in [-0.1, -0.05) is 45.0 Å². The van der Waals surface area contributed by atoms with Crippen molar-refractivity contribution in [1.29, 1.82) is 0 Å². The molecule has 0 spiro atoms. The molecular formula is C21H27FN2O3S. The van der Waals surface area contributed by atoms with Gasteiger partial charge in [0.1, 0.15) is 5.82 Å². The fourth-order valence-electron chi connectivity index (χ4n) is 2.85. The molecule has 0 aliphatic heterocycles. The summed E-state index contributed by atoms with van der Waals surface area (Å²) in [6.07, 6.45) is 1.82. The Morgan fingerprint density at radius 1 is 1.07 bits per heavy atom. The molecule has 0 heterocycles. The molecule has 0 bridgehead atoms. The summed E-state index contributed by atoms with van der Waals surface area (Å²) in [6.45, 7) is 6.26. The molecule has 7 heteroatoms. The first-order valence-corrected chi connectivity index (χ1v) is 11.1. The summed E-state index contributed by atoms with van der Waals surface area (Å²) < 4.78 is 37.1. The van der Waals surface area contributed by atoms with E-state index in [0.717, 1.165) is 30.4 Å². The number of hydrogen-bond acceptors (Lipinski definition) is 4. The minimum atomic E-state index is -3.49. The third-order valence-electron chi connectivity index (χ3n) is 4.56. The maximum absolute atomic E-state index is 13.9. The molecule has 152 valence electrons. The van der Waals surface area contributed by atoms with Crippen LogP contribution in [0.3, 0.4) is 0 Å². The average Bonchev–Trinajstić information content (AvgIpc) is 2.63. The molecule has 0 aromatic heterocycles. The number of rotatable bonds is 8. The van der Waals surface area contributed by atoms with E-state index in [4.69, 9.17) is 0 Å². The molecule has 0 saturated heterocycles. The van der Waals surface area contributed by atoms with E-state index in [2.05, 4.69) is 36.6 Å².